The Morgan fingerprint density at radius 2 is 2.20 bits per heavy atom. The summed E-state index contributed by atoms with van der Waals surface area (Å²) in [4.78, 5) is 4.52. The van der Waals surface area contributed by atoms with Crippen molar-refractivity contribution in [2.24, 2.45) is 11.1 Å². The topological polar surface area (TPSA) is 64.9 Å². The van der Waals surface area contributed by atoms with Crippen molar-refractivity contribution in [2.45, 2.75) is 32.6 Å². The Labute approximate surface area is 126 Å². The van der Waals surface area contributed by atoms with Crippen molar-refractivity contribution in [1.82, 2.24) is 10.1 Å². The quantitative estimate of drug-likeness (QED) is 0.928. The lowest BCUT2D eigenvalue weighted by Gasteiger charge is -2.39. The lowest BCUT2D eigenvalue weighted by Crippen LogP contribution is -2.39. The van der Waals surface area contributed by atoms with E-state index in [1.165, 1.54) is 12.0 Å². The minimum atomic E-state index is 0.189. The highest BCUT2D eigenvalue weighted by atomic mass is 79.9. The molecule has 3 rings (SSSR count). The molecule has 1 heterocycles. The number of aromatic nitrogens is 2. The van der Waals surface area contributed by atoms with Gasteiger partial charge in [-0.3, -0.25) is 0 Å². The molecule has 1 aromatic carbocycles. The van der Waals surface area contributed by atoms with Gasteiger partial charge in [0.2, 0.25) is 11.7 Å². The van der Waals surface area contributed by atoms with Crippen LogP contribution < -0.4 is 5.73 Å². The van der Waals surface area contributed by atoms with Gasteiger partial charge in [-0.05, 0) is 49.4 Å². The van der Waals surface area contributed by atoms with Gasteiger partial charge in [0.15, 0.2) is 0 Å². The first-order valence-corrected chi connectivity index (χ1v) is 7.70. The number of halogens is 1. The summed E-state index contributed by atoms with van der Waals surface area (Å²) in [5.41, 5.74) is 8.22. The third-order valence-electron chi connectivity index (χ3n) is 4.21. The van der Waals surface area contributed by atoms with E-state index in [1.54, 1.807) is 0 Å². The summed E-state index contributed by atoms with van der Waals surface area (Å²) in [6.45, 7) is 2.75. The van der Waals surface area contributed by atoms with Gasteiger partial charge < -0.3 is 10.3 Å². The maximum Gasteiger partial charge on any atom is 0.227 e. The van der Waals surface area contributed by atoms with E-state index in [0.29, 0.717) is 18.3 Å². The molecule has 2 aromatic rings. The molecule has 0 atom stereocenters. The maximum atomic E-state index is 5.88. The van der Waals surface area contributed by atoms with Gasteiger partial charge in [0.25, 0.3) is 0 Å². The first-order valence-electron chi connectivity index (χ1n) is 6.91. The van der Waals surface area contributed by atoms with E-state index in [1.807, 2.05) is 12.1 Å². The summed E-state index contributed by atoms with van der Waals surface area (Å²) in [5, 5.41) is 4.10. The van der Waals surface area contributed by atoms with Crippen LogP contribution in [0.5, 0.6) is 0 Å². The number of benzene rings is 1. The molecule has 2 N–H and O–H groups in total. The fraction of sp³-hybridized carbons (Fsp3) is 0.467. The molecule has 0 unspecified atom stereocenters. The molecule has 0 radical (unpaired) electrons. The van der Waals surface area contributed by atoms with Crippen molar-refractivity contribution in [3.05, 3.63) is 34.1 Å². The smallest absolute Gasteiger partial charge is 0.227 e. The van der Waals surface area contributed by atoms with E-state index >= 15 is 0 Å². The fourth-order valence-corrected chi connectivity index (χ4v) is 3.36. The first-order chi connectivity index (χ1) is 9.62. The SMILES string of the molecule is Cc1ccc(-c2noc(CC3(CN)CCC3)n2)c(Br)c1. The summed E-state index contributed by atoms with van der Waals surface area (Å²) in [6, 6.07) is 6.11. The highest BCUT2D eigenvalue weighted by molar-refractivity contribution is 9.10. The Hall–Kier alpha value is -1.20. The number of nitrogens with two attached hydrogens (primary N) is 1. The predicted molar refractivity (Wildman–Crippen MR) is 81.2 cm³/mol. The van der Waals surface area contributed by atoms with Crippen LogP contribution >= 0.6 is 15.9 Å². The molecule has 1 fully saturated rings. The third kappa shape index (κ3) is 2.52. The molecule has 0 bridgehead atoms. The Morgan fingerprint density at radius 1 is 1.40 bits per heavy atom. The van der Waals surface area contributed by atoms with Gasteiger partial charge in [-0.25, -0.2) is 0 Å². The number of hydrogen-bond donors (Lipinski definition) is 1. The largest absolute Gasteiger partial charge is 0.339 e. The maximum absolute atomic E-state index is 5.88. The van der Waals surface area contributed by atoms with Crippen LogP contribution in [0.4, 0.5) is 0 Å². The van der Waals surface area contributed by atoms with E-state index in [9.17, 15) is 0 Å². The van der Waals surface area contributed by atoms with Crippen LogP contribution in [-0.2, 0) is 6.42 Å². The van der Waals surface area contributed by atoms with Crippen LogP contribution in [0.2, 0.25) is 0 Å². The molecule has 0 amide bonds. The second-order valence-electron chi connectivity index (χ2n) is 5.73. The molecular formula is C15H18BrN3O. The molecule has 20 heavy (non-hydrogen) atoms. The molecule has 1 saturated carbocycles. The van der Waals surface area contributed by atoms with Crippen molar-refractivity contribution in [1.29, 1.82) is 0 Å². The molecule has 0 aliphatic heterocycles. The zero-order valence-corrected chi connectivity index (χ0v) is 13.1. The van der Waals surface area contributed by atoms with Crippen molar-refractivity contribution in [3.63, 3.8) is 0 Å². The predicted octanol–water partition coefficient (Wildman–Crippen LogP) is 3.48. The number of rotatable bonds is 4. The monoisotopic (exact) mass is 335 g/mol. The summed E-state index contributed by atoms with van der Waals surface area (Å²) in [5.74, 6) is 1.33. The fourth-order valence-electron chi connectivity index (χ4n) is 2.69. The van der Waals surface area contributed by atoms with Crippen molar-refractivity contribution >= 4 is 15.9 Å². The highest BCUT2D eigenvalue weighted by Gasteiger charge is 2.37. The Bertz CT molecular complexity index is 614. The van der Waals surface area contributed by atoms with Gasteiger partial charge in [-0.15, -0.1) is 0 Å². The Balaban J connectivity index is 1.83. The van der Waals surface area contributed by atoms with Crippen LogP contribution in [0, 0.1) is 12.3 Å². The van der Waals surface area contributed by atoms with E-state index < -0.39 is 0 Å². The van der Waals surface area contributed by atoms with Gasteiger partial charge in [0.1, 0.15) is 0 Å². The molecule has 106 valence electrons. The molecule has 1 aromatic heterocycles. The van der Waals surface area contributed by atoms with Gasteiger partial charge in [-0.1, -0.05) is 33.6 Å². The van der Waals surface area contributed by atoms with E-state index in [-0.39, 0.29) is 5.41 Å². The van der Waals surface area contributed by atoms with E-state index in [4.69, 9.17) is 10.3 Å². The zero-order valence-electron chi connectivity index (χ0n) is 11.5. The van der Waals surface area contributed by atoms with Crippen molar-refractivity contribution in [2.75, 3.05) is 6.54 Å². The number of nitrogens with zero attached hydrogens (tertiary/aromatic N) is 2. The van der Waals surface area contributed by atoms with Crippen LogP contribution in [0.25, 0.3) is 11.4 Å². The van der Waals surface area contributed by atoms with Crippen LogP contribution in [0.1, 0.15) is 30.7 Å². The average Bonchev–Trinajstić information content (AvgIpc) is 2.82. The Morgan fingerprint density at radius 3 is 2.80 bits per heavy atom. The van der Waals surface area contributed by atoms with Crippen LogP contribution in [-0.4, -0.2) is 16.7 Å². The molecule has 0 saturated heterocycles. The molecule has 4 nitrogen and oxygen atoms in total. The zero-order chi connectivity index (χ0) is 14.2. The minimum absolute atomic E-state index is 0.189. The van der Waals surface area contributed by atoms with E-state index in [0.717, 1.165) is 29.3 Å². The first kappa shape index (κ1) is 13.8. The van der Waals surface area contributed by atoms with Crippen molar-refractivity contribution in [3.8, 4) is 11.4 Å². The van der Waals surface area contributed by atoms with Crippen LogP contribution in [0.3, 0.4) is 0 Å². The standard InChI is InChI=1S/C15H18BrN3O/c1-10-3-4-11(12(16)7-10)14-18-13(20-19-14)8-15(9-17)5-2-6-15/h3-4,7H,2,5-6,8-9,17H2,1H3. The second-order valence-corrected chi connectivity index (χ2v) is 6.58. The van der Waals surface area contributed by atoms with Gasteiger partial charge in [0.05, 0.1) is 0 Å². The summed E-state index contributed by atoms with van der Waals surface area (Å²) < 4.78 is 6.39. The van der Waals surface area contributed by atoms with E-state index in [2.05, 4.69) is 39.1 Å². The van der Waals surface area contributed by atoms with Gasteiger partial charge in [-0.2, -0.15) is 4.98 Å². The minimum Gasteiger partial charge on any atom is -0.339 e. The molecular weight excluding hydrogens is 318 g/mol. The summed E-state index contributed by atoms with van der Waals surface area (Å²) in [7, 11) is 0. The number of aryl methyl sites for hydroxylation is 1. The summed E-state index contributed by atoms with van der Waals surface area (Å²) in [6.07, 6.45) is 4.37. The third-order valence-corrected chi connectivity index (χ3v) is 4.86. The molecule has 1 aliphatic rings. The lowest BCUT2D eigenvalue weighted by atomic mass is 9.67. The average molecular weight is 336 g/mol. The Kier molecular flexibility index (Phi) is 3.65. The molecule has 1 aliphatic carbocycles. The van der Waals surface area contributed by atoms with Gasteiger partial charge in [0, 0.05) is 16.5 Å². The summed E-state index contributed by atoms with van der Waals surface area (Å²) >= 11 is 3.55. The van der Waals surface area contributed by atoms with Crippen molar-refractivity contribution < 1.29 is 4.52 Å². The second kappa shape index (κ2) is 5.30. The highest BCUT2D eigenvalue weighted by Crippen LogP contribution is 2.42. The van der Waals surface area contributed by atoms with Gasteiger partial charge >= 0.3 is 0 Å². The lowest BCUT2D eigenvalue weighted by molar-refractivity contribution is 0.129. The number of hydrogen-bond acceptors (Lipinski definition) is 4. The normalized spacial score (nSPS) is 16.9. The van der Waals surface area contributed by atoms with Crippen LogP contribution in [0.15, 0.2) is 27.2 Å². The molecule has 0 spiro atoms. The molecule has 5 heteroatoms.